The molecule has 0 saturated carbocycles. The molecule has 2 rings (SSSR count). The van der Waals surface area contributed by atoms with E-state index in [4.69, 9.17) is 4.74 Å². The van der Waals surface area contributed by atoms with Gasteiger partial charge in [0.1, 0.15) is 0 Å². The van der Waals surface area contributed by atoms with Crippen molar-refractivity contribution in [3.05, 3.63) is 35.4 Å². The van der Waals surface area contributed by atoms with Gasteiger partial charge in [0.05, 0.1) is 6.10 Å². The summed E-state index contributed by atoms with van der Waals surface area (Å²) in [6, 6.07) is 9.34. The molecular formula is C18H29NO. The van der Waals surface area contributed by atoms with Crippen LogP contribution in [-0.2, 0) is 11.2 Å². The van der Waals surface area contributed by atoms with E-state index in [1.807, 2.05) is 0 Å². The van der Waals surface area contributed by atoms with Crippen molar-refractivity contribution in [1.82, 2.24) is 5.32 Å². The van der Waals surface area contributed by atoms with E-state index in [1.165, 1.54) is 43.2 Å². The molecule has 0 amide bonds. The summed E-state index contributed by atoms with van der Waals surface area (Å²) in [6.07, 6.45) is 7.77. The summed E-state index contributed by atoms with van der Waals surface area (Å²) in [5.41, 5.74) is 2.89. The Morgan fingerprint density at radius 2 is 2.20 bits per heavy atom. The van der Waals surface area contributed by atoms with Crippen molar-refractivity contribution in [2.75, 3.05) is 13.2 Å². The van der Waals surface area contributed by atoms with Crippen LogP contribution in [0.4, 0.5) is 0 Å². The van der Waals surface area contributed by atoms with Crippen LogP contribution in [0.3, 0.4) is 0 Å². The highest BCUT2D eigenvalue weighted by atomic mass is 16.5. The molecule has 1 aromatic rings. The monoisotopic (exact) mass is 275 g/mol. The lowest BCUT2D eigenvalue weighted by atomic mass is 9.96. The fourth-order valence-electron chi connectivity index (χ4n) is 2.99. The number of nitrogens with one attached hydrogen (secondary N) is 1. The molecule has 0 bridgehead atoms. The lowest BCUT2D eigenvalue weighted by molar-refractivity contribution is 0.0995. The molecule has 1 aliphatic heterocycles. The van der Waals surface area contributed by atoms with Crippen LogP contribution in [0.2, 0.25) is 0 Å². The van der Waals surface area contributed by atoms with E-state index in [1.54, 1.807) is 0 Å². The molecule has 20 heavy (non-hydrogen) atoms. The Kier molecular flexibility index (Phi) is 6.55. The SMILES string of the molecule is CCCNC(CCC1CCCO1)Cc1ccccc1C. The Hall–Kier alpha value is -0.860. The topological polar surface area (TPSA) is 21.3 Å². The molecular weight excluding hydrogens is 246 g/mol. The van der Waals surface area contributed by atoms with Gasteiger partial charge in [-0.05, 0) is 63.1 Å². The molecule has 1 aliphatic rings. The Morgan fingerprint density at radius 3 is 2.90 bits per heavy atom. The smallest absolute Gasteiger partial charge is 0.0576 e. The average Bonchev–Trinajstić information content (AvgIpc) is 2.97. The first kappa shape index (κ1) is 15.5. The van der Waals surface area contributed by atoms with Crippen LogP contribution >= 0.6 is 0 Å². The van der Waals surface area contributed by atoms with E-state index < -0.39 is 0 Å². The zero-order valence-electron chi connectivity index (χ0n) is 13.0. The zero-order valence-corrected chi connectivity index (χ0v) is 13.0. The quantitative estimate of drug-likeness (QED) is 0.777. The average molecular weight is 275 g/mol. The van der Waals surface area contributed by atoms with Crippen LogP contribution in [-0.4, -0.2) is 25.3 Å². The van der Waals surface area contributed by atoms with Crippen LogP contribution in [0.5, 0.6) is 0 Å². The first-order valence-corrected chi connectivity index (χ1v) is 8.19. The minimum atomic E-state index is 0.512. The fourth-order valence-corrected chi connectivity index (χ4v) is 2.99. The molecule has 1 heterocycles. The van der Waals surface area contributed by atoms with Crippen LogP contribution in [0, 0.1) is 6.92 Å². The van der Waals surface area contributed by atoms with E-state index in [2.05, 4.69) is 43.4 Å². The molecule has 112 valence electrons. The van der Waals surface area contributed by atoms with Gasteiger partial charge in [0.2, 0.25) is 0 Å². The third-order valence-electron chi connectivity index (χ3n) is 4.27. The van der Waals surface area contributed by atoms with Crippen LogP contribution in [0.1, 0.15) is 50.2 Å². The second-order valence-electron chi connectivity index (χ2n) is 5.99. The summed E-state index contributed by atoms with van der Waals surface area (Å²) in [7, 11) is 0. The van der Waals surface area contributed by atoms with Gasteiger partial charge >= 0.3 is 0 Å². The first-order valence-electron chi connectivity index (χ1n) is 8.19. The maximum absolute atomic E-state index is 5.75. The third-order valence-corrected chi connectivity index (χ3v) is 4.27. The van der Waals surface area contributed by atoms with Crippen molar-refractivity contribution >= 4 is 0 Å². The largest absolute Gasteiger partial charge is 0.378 e. The van der Waals surface area contributed by atoms with E-state index in [0.717, 1.165) is 19.6 Å². The molecule has 2 heteroatoms. The van der Waals surface area contributed by atoms with Gasteiger partial charge in [0.25, 0.3) is 0 Å². The summed E-state index contributed by atoms with van der Waals surface area (Å²) < 4.78 is 5.75. The highest BCUT2D eigenvalue weighted by Gasteiger charge is 2.18. The molecule has 0 spiro atoms. The molecule has 1 N–H and O–H groups in total. The molecule has 1 fully saturated rings. The number of hydrogen-bond acceptors (Lipinski definition) is 2. The Balaban J connectivity index is 1.87. The van der Waals surface area contributed by atoms with Gasteiger partial charge in [-0.2, -0.15) is 0 Å². The molecule has 0 aromatic heterocycles. The summed E-state index contributed by atoms with van der Waals surface area (Å²) >= 11 is 0. The minimum Gasteiger partial charge on any atom is -0.378 e. The van der Waals surface area contributed by atoms with Crippen molar-refractivity contribution in [3.63, 3.8) is 0 Å². The first-order chi connectivity index (χ1) is 9.79. The predicted octanol–water partition coefficient (Wildman–Crippen LogP) is 3.86. The fraction of sp³-hybridized carbons (Fsp3) is 0.667. The highest BCUT2D eigenvalue weighted by molar-refractivity contribution is 5.26. The standard InChI is InChI=1S/C18H29NO/c1-3-12-19-17(10-11-18-9-6-13-20-18)14-16-8-5-4-7-15(16)2/h4-5,7-8,17-19H,3,6,9-14H2,1-2H3. The summed E-state index contributed by atoms with van der Waals surface area (Å²) in [4.78, 5) is 0. The highest BCUT2D eigenvalue weighted by Crippen LogP contribution is 2.19. The number of ether oxygens (including phenoxy) is 1. The third kappa shape index (κ3) is 4.92. The molecule has 2 nitrogen and oxygen atoms in total. The molecule has 2 atom stereocenters. The summed E-state index contributed by atoms with van der Waals surface area (Å²) in [5.74, 6) is 0. The van der Waals surface area contributed by atoms with Crippen molar-refractivity contribution in [1.29, 1.82) is 0 Å². The van der Waals surface area contributed by atoms with Gasteiger partial charge in [-0.15, -0.1) is 0 Å². The Morgan fingerprint density at radius 1 is 1.35 bits per heavy atom. The number of hydrogen-bond donors (Lipinski definition) is 1. The normalized spacial score (nSPS) is 20.2. The molecule has 1 aromatic carbocycles. The summed E-state index contributed by atoms with van der Waals surface area (Å²) in [6.45, 7) is 6.53. The lowest BCUT2D eigenvalue weighted by Gasteiger charge is -2.21. The Labute approximate surface area is 123 Å². The molecule has 0 aliphatic carbocycles. The van der Waals surface area contributed by atoms with Crippen LogP contribution < -0.4 is 5.32 Å². The van der Waals surface area contributed by atoms with Crippen LogP contribution in [0.25, 0.3) is 0 Å². The number of aryl methyl sites for hydroxylation is 1. The van der Waals surface area contributed by atoms with Crippen molar-refractivity contribution in [3.8, 4) is 0 Å². The number of benzene rings is 1. The van der Waals surface area contributed by atoms with Gasteiger partial charge in [0, 0.05) is 12.6 Å². The van der Waals surface area contributed by atoms with E-state index in [0.29, 0.717) is 12.1 Å². The Bertz CT molecular complexity index is 385. The maximum Gasteiger partial charge on any atom is 0.0576 e. The second-order valence-corrected chi connectivity index (χ2v) is 5.99. The van der Waals surface area contributed by atoms with Gasteiger partial charge in [-0.3, -0.25) is 0 Å². The van der Waals surface area contributed by atoms with Gasteiger partial charge < -0.3 is 10.1 Å². The van der Waals surface area contributed by atoms with Gasteiger partial charge in [-0.25, -0.2) is 0 Å². The predicted molar refractivity (Wildman–Crippen MR) is 85.2 cm³/mol. The van der Waals surface area contributed by atoms with Crippen molar-refractivity contribution < 1.29 is 4.74 Å². The lowest BCUT2D eigenvalue weighted by Crippen LogP contribution is -2.33. The molecule has 0 radical (unpaired) electrons. The number of rotatable bonds is 8. The molecule has 2 unspecified atom stereocenters. The molecule has 1 saturated heterocycles. The van der Waals surface area contributed by atoms with Crippen LogP contribution in [0.15, 0.2) is 24.3 Å². The maximum atomic E-state index is 5.75. The van der Waals surface area contributed by atoms with Crippen molar-refractivity contribution in [2.24, 2.45) is 0 Å². The minimum absolute atomic E-state index is 0.512. The van der Waals surface area contributed by atoms with Gasteiger partial charge in [-0.1, -0.05) is 31.2 Å². The summed E-state index contributed by atoms with van der Waals surface area (Å²) in [5, 5.41) is 3.71. The van der Waals surface area contributed by atoms with Crippen molar-refractivity contribution in [2.45, 2.75) is 64.5 Å². The van der Waals surface area contributed by atoms with E-state index in [9.17, 15) is 0 Å². The van der Waals surface area contributed by atoms with Gasteiger partial charge in [0.15, 0.2) is 0 Å². The zero-order chi connectivity index (χ0) is 14.2. The van der Waals surface area contributed by atoms with E-state index in [-0.39, 0.29) is 0 Å². The van der Waals surface area contributed by atoms with E-state index >= 15 is 0 Å². The second kappa shape index (κ2) is 8.43.